The van der Waals surface area contributed by atoms with E-state index in [-0.39, 0.29) is 29.5 Å². The van der Waals surface area contributed by atoms with Crippen molar-refractivity contribution in [3.8, 4) is 0 Å². The molecular formula is C22H26F2N2O2S. The van der Waals surface area contributed by atoms with Gasteiger partial charge in [-0.15, -0.1) is 11.8 Å². The molecule has 1 atom stereocenters. The van der Waals surface area contributed by atoms with Gasteiger partial charge in [0.1, 0.15) is 17.0 Å². The molecule has 3 rings (SSSR count). The molecule has 1 amide bonds. The summed E-state index contributed by atoms with van der Waals surface area (Å²) in [6.45, 7) is 2.84. The van der Waals surface area contributed by atoms with Crippen LogP contribution in [0.2, 0.25) is 0 Å². The van der Waals surface area contributed by atoms with Crippen LogP contribution in [0, 0.1) is 11.6 Å². The summed E-state index contributed by atoms with van der Waals surface area (Å²) in [6.07, 6.45) is 0.807. The summed E-state index contributed by atoms with van der Waals surface area (Å²) in [5.74, 6) is 0.351. The Labute approximate surface area is 174 Å². The predicted molar refractivity (Wildman–Crippen MR) is 111 cm³/mol. The molecule has 7 heteroatoms. The number of hydrogen-bond donors (Lipinski definition) is 0. The van der Waals surface area contributed by atoms with E-state index in [1.807, 2.05) is 4.90 Å². The highest BCUT2D eigenvalue weighted by molar-refractivity contribution is 7.99. The molecule has 0 aromatic heterocycles. The van der Waals surface area contributed by atoms with Gasteiger partial charge in [0.25, 0.3) is 0 Å². The number of benzene rings is 2. The molecule has 2 aromatic carbocycles. The number of carbonyl (C=O) groups is 1. The molecule has 4 nitrogen and oxygen atoms in total. The van der Waals surface area contributed by atoms with Gasteiger partial charge >= 0.3 is 0 Å². The molecule has 0 spiro atoms. The van der Waals surface area contributed by atoms with Crippen molar-refractivity contribution in [1.29, 1.82) is 0 Å². The van der Waals surface area contributed by atoms with Gasteiger partial charge in [0.05, 0.1) is 6.54 Å². The zero-order valence-electron chi connectivity index (χ0n) is 16.5. The number of hydrogen-bond acceptors (Lipinski definition) is 4. The lowest BCUT2D eigenvalue weighted by molar-refractivity contribution is -0.132. The second-order valence-electron chi connectivity index (χ2n) is 7.05. The van der Waals surface area contributed by atoms with Gasteiger partial charge in [0.15, 0.2) is 0 Å². The summed E-state index contributed by atoms with van der Waals surface area (Å²) >= 11 is 1.69. The number of halogens is 2. The summed E-state index contributed by atoms with van der Waals surface area (Å²) in [5.41, 5.74) is 1.90. The third-order valence-electron chi connectivity index (χ3n) is 4.87. The van der Waals surface area contributed by atoms with Gasteiger partial charge in [-0.25, -0.2) is 8.78 Å². The Morgan fingerprint density at radius 2 is 1.79 bits per heavy atom. The third-order valence-corrected chi connectivity index (χ3v) is 6.13. The van der Waals surface area contributed by atoms with Crippen molar-refractivity contribution in [1.82, 2.24) is 9.80 Å². The molecule has 156 valence electrons. The smallest absolute Gasteiger partial charge is 0.237 e. The molecule has 0 N–H and O–H groups in total. The van der Waals surface area contributed by atoms with Crippen LogP contribution in [-0.4, -0.2) is 54.8 Å². The fourth-order valence-electron chi connectivity index (χ4n) is 3.41. The van der Waals surface area contributed by atoms with Crippen LogP contribution in [0.15, 0.2) is 48.5 Å². The van der Waals surface area contributed by atoms with Gasteiger partial charge in [0.2, 0.25) is 5.91 Å². The van der Waals surface area contributed by atoms with Crippen molar-refractivity contribution in [3.63, 3.8) is 0 Å². The first-order chi connectivity index (χ1) is 14.1. The highest BCUT2D eigenvalue weighted by Gasteiger charge is 2.31. The first-order valence-corrected chi connectivity index (χ1v) is 10.7. The van der Waals surface area contributed by atoms with Crippen LogP contribution in [0.4, 0.5) is 8.78 Å². The Bertz CT molecular complexity index is 786. The Hall–Kier alpha value is -1.96. The Balaban J connectivity index is 1.67. The molecule has 1 aliphatic rings. The Kier molecular flexibility index (Phi) is 8.03. The van der Waals surface area contributed by atoms with Gasteiger partial charge in [-0.3, -0.25) is 9.69 Å². The second kappa shape index (κ2) is 10.7. The molecule has 0 saturated carbocycles. The highest BCUT2D eigenvalue weighted by Crippen LogP contribution is 2.37. The summed E-state index contributed by atoms with van der Waals surface area (Å²) in [6, 6.07) is 12.7. The largest absolute Gasteiger partial charge is 0.385 e. The van der Waals surface area contributed by atoms with Gasteiger partial charge in [-0.2, -0.15) is 0 Å². The minimum atomic E-state index is -0.279. The Morgan fingerprint density at radius 1 is 1.14 bits per heavy atom. The summed E-state index contributed by atoms with van der Waals surface area (Å²) in [7, 11) is 1.66. The average Bonchev–Trinajstić information content (AvgIpc) is 3.20. The lowest BCUT2D eigenvalue weighted by Crippen LogP contribution is -2.40. The zero-order chi connectivity index (χ0) is 20.6. The number of amides is 1. The maximum Gasteiger partial charge on any atom is 0.237 e. The van der Waals surface area contributed by atoms with Gasteiger partial charge in [-0.1, -0.05) is 24.3 Å². The molecule has 0 bridgehead atoms. The van der Waals surface area contributed by atoms with Gasteiger partial charge in [0, 0.05) is 39.1 Å². The van der Waals surface area contributed by atoms with E-state index in [2.05, 4.69) is 4.90 Å². The lowest BCUT2D eigenvalue weighted by atomic mass is 10.2. The number of thioether (sulfide) groups is 1. The van der Waals surface area contributed by atoms with Crippen LogP contribution < -0.4 is 0 Å². The molecule has 29 heavy (non-hydrogen) atoms. The van der Waals surface area contributed by atoms with Crippen LogP contribution in [0.1, 0.15) is 22.9 Å². The maximum absolute atomic E-state index is 13.3. The van der Waals surface area contributed by atoms with E-state index < -0.39 is 0 Å². The molecule has 0 radical (unpaired) electrons. The number of ether oxygens (including phenoxy) is 1. The zero-order valence-corrected chi connectivity index (χ0v) is 17.3. The van der Waals surface area contributed by atoms with Crippen molar-refractivity contribution >= 4 is 17.7 Å². The van der Waals surface area contributed by atoms with Crippen LogP contribution in [0.3, 0.4) is 0 Å². The monoisotopic (exact) mass is 420 g/mol. The van der Waals surface area contributed by atoms with Crippen LogP contribution in [0.25, 0.3) is 0 Å². The van der Waals surface area contributed by atoms with E-state index in [0.29, 0.717) is 26.2 Å². The third kappa shape index (κ3) is 6.26. The number of carbonyl (C=O) groups excluding carboxylic acids is 1. The summed E-state index contributed by atoms with van der Waals surface area (Å²) < 4.78 is 31.6. The maximum atomic E-state index is 13.3. The van der Waals surface area contributed by atoms with E-state index in [9.17, 15) is 13.6 Å². The quantitative estimate of drug-likeness (QED) is 0.573. The van der Waals surface area contributed by atoms with Crippen LogP contribution >= 0.6 is 11.8 Å². The normalized spacial score (nSPS) is 16.6. The van der Waals surface area contributed by atoms with Crippen LogP contribution in [0.5, 0.6) is 0 Å². The first kappa shape index (κ1) is 21.7. The van der Waals surface area contributed by atoms with Crippen molar-refractivity contribution in [3.05, 3.63) is 71.3 Å². The van der Waals surface area contributed by atoms with Gasteiger partial charge < -0.3 is 9.64 Å². The average molecular weight is 421 g/mol. The van der Waals surface area contributed by atoms with E-state index >= 15 is 0 Å². The predicted octanol–water partition coefficient (Wildman–Crippen LogP) is 4.08. The fraction of sp³-hybridized carbons (Fsp3) is 0.409. The molecule has 0 aliphatic carbocycles. The van der Waals surface area contributed by atoms with Crippen molar-refractivity contribution < 1.29 is 18.3 Å². The summed E-state index contributed by atoms with van der Waals surface area (Å²) in [4.78, 5) is 17.0. The van der Waals surface area contributed by atoms with E-state index in [1.54, 1.807) is 43.1 Å². The highest BCUT2D eigenvalue weighted by atomic mass is 32.2. The van der Waals surface area contributed by atoms with Crippen molar-refractivity contribution in [2.75, 3.05) is 39.1 Å². The van der Waals surface area contributed by atoms with E-state index in [4.69, 9.17) is 4.74 Å². The second-order valence-corrected chi connectivity index (χ2v) is 8.23. The lowest BCUT2D eigenvalue weighted by Gasteiger charge is -2.28. The van der Waals surface area contributed by atoms with E-state index in [0.717, 1.165) is 23.3 Å². The van der Waals surface area contributed by atoms with Crippen molar-refractivity contribution in [2.45, 2.75) is 18.3 Å². The number of rotatable bonds is 9. The molecule has 2 aromatic rings. The molecule has 1 heterocycles. The molecule has 1 fully saturated rings. The Morgan fingerprint density at radius 3 is 2.45 bits per heavy atom. The minimum absolute atomic E-state index is 0.0452. The van der Waals surface area contributed by atoms with Crippen LogP contribution in [-0.2, 0) is 16.1 Å². The standard InChI is InChI=1S/C22H26F2N2O2S/c1-28-13-2-11-25(15-17-3-7-19(23)8-4-17)16-21(27)26-12-14-29-22(26)18-5-9-20(24)10-6-18/h3-10,22H,2,11-16H2,1H3/t22-/m0/s1. The molecule has 0 unspecified atom stereocenters. The van der Waals surface area contributed by atoms with E-state index in [1.165, 1.54) is 24.3 Å². The minimum Gasteiger partial charge on any atom is -0.385 e. The molecule has 1 saturated heterocycles. The number of methoxy groups -OCH3 is 1. The topological polar surface area (TPSA) is 32.8 Å². The van der Waals surface area contributed by atoms with Crippen molar-refractivity contribution in [2.24, 2.45) is 0 Å². The number of nitrogens with zero attached hydrogens (tertiary/aromatic N) is 2. The molecular weight excluding hydrogens is 394 g/mol. The molecule has 1 aliphatic heterocycles. The summed E-state index contributed by atoms with van der Waals surface area (Å²) in [5, 5.41) is -0.0882. The fourth-order valence-corrected chi connectivity index (χ4v) is 4.68. The first-order valence-electron chi connectivity index (χ1n) is 9.69. The van der Waals surface area contributed by atoms with Gasteiger partial charge in [-0.05, 0) is 41.8 Å². The SMILES string of the molecule is COCCCN(CC(=O)N1CCS[C@H]1c1ccc(F)cc1)Cc1ccc(F)cc1.